The van der Waals surface area contributed by atoms with Crippen molar-refractivity contribution < 1.29 is 4.79 Å². The molecule has 1 N–H and O–H groups in total. The third kappa shape index (κ3) is 3.72. The zero-order chi connectivity index (χ0) is 13.0. The highest BCUT2D eigenvalue weighted by atomic mass is 32.2. The van der Waals surface area contributed by atoms with Gasteiger partial charge in [-0.3, -0.25) is 4.79 Å². The van der Waals surface area contributed by atoms with Crippen LogP contribution in [0, 0.1) is 5.92 Å². The van der Waals surface area contributed by atoms with Gasteiger partial charge in [-0.2, -0.15) is 0 Å². The number of thiazole rings is 1. The highest BCUT2D eigenvalue weighted by Gasteiger charge is 2.25. The molecule has 3 unspecified atom stereocenters. The van der Waals surface area contributed by atoms with Crippen molar-refractivity contribution in [3.8, 4) is 0 Å². The maximum Gasteiger partial charge on any atom is 0.233 e. The maximum atomic E-state index is 12.1. The van der Waals surface area contributed by atoms with Gasteiger partial charge in [0.15, 0.2) is 4.34 Å². The van der Waals surface area contributed by atoms with E-state index in [1.807, 2.05) is 12.3 Å². The lowest BCUT2D eigenvalue weighted by atomic mass is 9.86. The Labute approximate surface area is 117 Å². The van der Waals surface area contributed by atoms with Crippen LogP contribution in [-0.4, -0.2) is 22.2 Å². The van der Waals surface area contributed by atoms with Crippen LogP contribution in [0.4, 0.5) is 0 Å². The molecule has 18 heavy (non-hydrogen) atoms. The van der Waals surface area contributed by atoms with Gasteiger partial charge in [0.05, 0.1) is 5.25 Å². The summed E-state index contributed by atoms with van der Waals surface area (Å²) in [5.41, 5.74) is 0. The first-order valence-corrected chi connectivity index (χ1v) is 8.29. The van der Waals surface area contributed by atoms with Gasteiger partial charge < -0.3 is 5.32 Å². The summed E-state index contributed by atoms with van der Waals surface area (Å²) in [4.78, 5) is 16.3. The fraction of sp³-hybridized carbons (Fsp3) is 0.692. The predicted molar refractivity (Wildman–Crippen MR) is 77.0 cm³/mol. The largest absolute Gasteiger partial charge is 0.352 e. The number of hydrogen-bond acceptors (Lipinski definition) is 4. The molecule has 100 valence electrons. The van der Waals surface area contributed by atoms with Crippen LogP contribution < -0.4 is 5.32 Å². The van der Waals surface area contributed by atoms with Crippen LogP contribution in [0.15, 0.2) is 15.9 Å². The lowest BCUT2D eigenvalue weighted by Crippen LogP contribution is -2.44. The maximum absolute atomic E-state index is 12.1. The molecule has 3 nitrogen and oxygen atoms in total. The fourth-order valence-corrected chi connectivity index (χ4v) is 4.09. The first kappa shape index (κ1) is 13.9. The summed E-state index contributed by atoms with van der Waals surface area (Å²) >= 11 is 3.13. The van der Waals surface area contributed by atoms with Gasteiger partial charge in [0.1, 0.15) is 0 Å². The second kappa shape index (κ2) is 6.57. The third-order valence-corrected chi connectivity index (χ3v) is 5.51. The summed E-state index contributed by atoms with van der Waals surface area (Å²) in [6.45, 7) is 4.19. The Hall–Kier alpha value is -0.550. The summed E-state index contributed by atoms with van der Waals surface area (Å²) in [7, 11) is 0. The second-order valence-electron chi connectivity index (χ2n) is 4.93. The van der Waals surface area contributed by atoms with E-state index in [4.69, 9.17) is 0 Å². The molecule has 0 aliphatic heterocycles. The van der Waals surface area contributed by atoms with Crippen molar-refractivity contribution in [3.05, 3.63) is 11.6 Å². The van der Waals surface area contributed by atoms with Gasteiger partial charge in [0.25, 0.3) is 0 Å². The average molecular weight is 284 g/mol. The van der Waals surface area contributed by atoms with E-state index in [2.05, 4.69) is 17.2 Å². The smallest absolute Gasteiger partial charge is 0.233 e. The third-order valence-electron chi connectivity index (χ3n) is 3.50. The molecule has 1 fully saturated rings. The molecule has 0 saturated heterocycles. The number of hydrogen-bond donors (Lipinski definition) is 1. The number of nitrogens with one attached hydrogen (secondary N) is 1. The number of nitrogens with zero attached hydrogens (tertiary/aromatic N) is 1. The van der Waals surface area contributed by atoms with Crippen molar-refractivity contribution in [2.75, 3.05) is 0 Å². The van der Waals surface area contributed by atoms with Crippen molar-refractivity contribution in [2.45, 2.75) is 55.2 Å². The summed E-state index contributed by atoms with van der Waals surface area (Å²) in [6, 6.07) is 0.366. The van der Waals surface area contributed by atoms with Crippen LogP contribution in [0.1, 0.15) is 39.5 Å². The Kier molecular flexibility index (Phi) is 5.06. The Morgan fingerprint density at radius 1 is 1.56 bits per heavy atom. The Morgan fingerprint density at radius 3 is 3.00 bits per heavy atom. The summed E-state index contributed by atoms with van der Waals surface area (Å²) in [5.74, 6) is 0.758. The number of rotatable bonds is 4. The molecule has 1 aliphatic rings. The van der Waals surface area contributed by atoms with Crippen LogP contribution in [0.3, 0.4) is 0 Å². The van der Waals surface area contributed by atoms with Crippen molar-refractivity contribution in [1.29, 1.82) is 0 Å². The minimum Gasteiger partial charge on any atom is -0.352 e. The van der Waals surface area contributed by atoms with Crippen molar-refractivity contribution >= 4 is 29.0 Å². The highest BCUT2D eigenvalue weighted by Crippen LogP contribution is 2.27. The van der Waals surface area contributed by atoms with Crippen LogP contribution >= 0.6 is 23.1 Å². The lowest BCUT2D eigenvalue weighted by molar-refractivity contribution is -0.121. The van der Waals surface area contributed by atoms with Crippen molar-refractivity contribution in [3.63, 3.8) is 0 Å². The zero-order valence-electron chi connectivity index (χ0n) is 10.9. The molecule has 0 bridgehead atoms. The van der Waals surface area contributed by atoms with E-state index in [1.165, 1.54) is 19.3 Å². The average Bonchev–Trinajstić information content (AvgIpc) is 2.84. The Morgan fingerprint density at radius 2 is 2.33 bits per heavy atom. The number of aromatic nitrogens is 1. The number of thioether (sulfide) groups is 1. The topological polar surface area (TPSA) is 42.0 Å². The monoisotopic (exact) mass is 284 g/mol. The molecule has 3 atom stereocenters. The molecule has 1 amide bonds. The molecule has 1 saturated carbocycles. The highest BCUT2D eigenvalue weighted by molar-refractivity contribution is 8.02. The normalized spacial score (nSPS) is 25.7. The van der Waals surface area contributed by atoms with Gasteiger partial charge in [-0.1, -0.05) is 31.5 Å². The number of carbonyl (C=O) groups excluding carboxylic acids is 1. The van der Waals surface area contributed by atoms with E-state index >= 15 is 0 Å². The van der Waals surface area contributed by atoms with Gasteiger partial charge >= 0.3 is 0 Å². The van der Waals surface area contributed by atoms with E-state index in [-0.39, 0.29) is 11.2 Å². The van der Waals surface area contributed by atoms with E-state index in [0.717, 1.165) is 10.8 Å². The predicted octanol–water partition coefficient (Wildman–Crippen LogP) is 3.32. The van der Waals surface area contributed by atoms with E-state index < -0.39 is 0 Å². The number of amides is 1. The second-order valence-corrected chi connectivity index (χ2v) is 7.42. The standard InChI is InChI=1S/C13H20N2OS2/c1-9-5-3-4-6-11(9)15-12(16)10(2)18-13-14-7-8-17-13/h7-11H,3-6H2,1-2H3,(H,15,16). The van der Waals surface area contributed by atoms with Crippen LogP contribution in [-0.2, 0) is 4.79 Å². The SMILES string of the molecule is CC(Sc1nccs1)C(=O)NC1CCCCC1C. The van der Waals surface area contributed by atoms with Gasteiger partial charge in [-0.05, 0) is 25.7 Å². The zero-order valence-corrected chi connectivity index (χ0v) is 12.5. The van der Waals surface area contributed by atoms with Crippen molar-refractivity contribution in [2.24, 2.45) is 5.92 Å². The van der Waals surface area contributed by atoms with Crippen LogP contribution in [0.25, 0.3) is 0 Å². The van der Waals surface area contributed by atoms with Gasteiger partial charge in [0, 0.05) is 17.6 Å². The van der Waals surface area contributed by atoms with Gasteiger partial charge in [-0.25, -0.2) is 4.98 Å². The summed E-state index contributed by atoms with van der Waals surface area (Å²) < 4.78 is 0.967. The molecular formula is C13H20N2OS2. The van der Waals surface area contributed by atoms with E-state index in [1.54, 1.807) is 29.3 Å². The van der Waals surface area contributed by atoms with Gasteiger partial charge in [0.2, 0.25) is 5.91 Å². The molecule has 0 radical (unpaired) electrons. The fourth-order valence-electron chi connectivity index (χ4n) is 2.30. The molecule has 0 aromatic carbocycles. The number of carbonyl (C=O) groups is 1. The molecule has 1 heterocycles. The molecule has 1 aromatic heterocycles. The first-order chi connectivity index (χ1) is 8.66. The Balaban J connectivity index is 1.83. The minimum absolute atomic E-state index is 0.0646. The quantitative estimate of drug-likeness (QED) is 0.862. The molecule has 1 aliphatic carbocycles. The lowest BCUT2D eigenvalue weighted by Gasteiger charge is -2.30. The molecule has 2 rings (SSSR count). The molecule has 5 heteroatoms. The Bertz CT molecular complexity index is 380. The molecular weight excluding hydrogens is 264 g/mol. The van der Waals surface area contributed by atoms with E-state index in [9.17, 15) is 4.79 Å². The summed E-state index contributed by atoms with van der Waals surface area (Å²) in [5, 5.41) is 5.07. The minimum atomic E-state index is -0.0646. The molecule has 0 spiro atoms. The van der Waals surface area contributed by atoms with E-state index in [0.29, 0.717) is 12.0 Å². The first-order valence-electron chi connectivity index (χ1n) is 6.53. The summed E-state index contributed by atoms with van der Waals surface area (Å²) in [6.07, 6.45) is 6.68. The van der Waals surface area contributed by atoms with Crippen molar-refractivity contribution in [1.82, 2.24) is 10.3 Å². The van der Waals surface area contributed by atoms with Crippen LogP contribution in [0.2, 0.25) is 0 Å². The van der Waals surface area contributed by atoms with Crippen LogP contribution in [0.5, 0.6) is 0 Å². The molecule has 1 aromatic rings. The van der Waals surface area contributed by atoms with Gasteiger partial charge in [-0.15, -0.1) is 11.3 Å².